The van der Waals surface area contributed by atoms with E-state index in [2.05, 4.69) is 15.8 Å². The SMILES string of the molecule is O=C(N/N=C\c1ccc(OCc2ccccc2)cc1)/C(=C\c1ccc2c(c1)OCO2)NC(=O)c1ccccc1. The fourth-order valence-electron chi connectivity index (χ4n) is 3.73. The lowest BCUT2D eigenvalue weighted by Crippen LogP contribution is -2.32. The smallest absolute Gasteiger partial charge is 0.287 e. The molecule has 0 saturated heterocycles. The van der Waals surface area contributed by atoms with E-state index >= 15 is 0 Å². The van der Waals surface area contributed by atoms with E-state index in [1.165, 1.54) is 6.21 Å². The molecule has 0 bridgehead atoms. The van der Waals surface area contributed by atoms with Crippen LogP contribution in [0.3, 0.4) is 0 Å². The lowest BCUT2D eigenvalue weighted by Gasteiger charge is -2.09. The molecule has 1 aliphatic heterocycles. The van der Waals surface area contributed by atoms with Crippen LogP contribution in [0, 0.1) is 0 Å². The zero-order valence-electron chi connectivity index (χ0n) is 20.9. The Balaban J connectivity index is 1.25. The van der Waals surface area contributed by atoms with Gasteiger partial charge in [0, 0.05) is 5.56 Å². The van der Waals surface area contributed by atoms with Gasteiger partial charge in [-0.2, -0.15) is 5.10 Å². The van der Waals surface area contributed by atoms with Gasteiger partial charge >= 0.3 is 0 Å². The van der Waals surface area contributed by atoms with Gasteiger partial charge < -0.3 is 19.5 Å². The van der Waals surface area contributed by atoms with Gasteiger partial charge in [-0.15, -0.1) is 0 Å². The highest BCUT2D eigenvalue weighted by molar-refractivity contribution is 6.05. The van der Waals surface area contributed by atoms with Crippen molar-refractivity contribution < 1.29 is 23.8 Å². The second kappa shape index (κ2) is 12.2. The normalized spacial score (nSPS) is 12.3. The third kappa shape index (κ3) is 6.90. The standard InChI is InChI=1S/C31H25N3O5/c35-30(25-9-5-2-6-10-25)33-27(17-24-13-16-28-29(18-24)39-21-38-28)31(36)34-32-19-22-11-14-26(15-12-22)37-20-23-7-3-1-4-8-23/h1-19H,20-21H2,(H,33,35)(H,34,36)/b27-17+,32-19-. The summed E-state index contributed by atoms with van der Waals surface area (Å²) in [5, 5.41) is 6.74. The largest absolute Gasteiger partial charge is 0.489 e. The zero-order chi connectivity index (χ0) is 26.9. The van der Waals surface area contributed by atoms with Crippen LogP contribution in [0.4, 0.5) is 0 Å². The summed E-state index contributed by atoms with van der Waals surface area (Å²) in [6, 6.07) is 31.1. The summed E-state index contributed by atoms with van der Waals surface area (Å²) in [6.07, 6.45) is 3.06. The van der Waals surface area contributed by atoms with E-state index in [9.17, 15) is 9.59 Å². The molecule has 0 atom stereocenters. The second-order valence-corrected chi connectivity index (χ2v) is 8.53. The van der Waals surface area contributed by atoms with Crippen molar-refractivity contribution in [2.75, 3.05) is 6.79 Å². The maximum atomic E-state index is 13.0. The molecule has 2 amide bonds. The van der Waals surface area contributed by atoms with Gasteiger partial charge in [-0.1, -0.05) is 54.6 Å². The minimum Gasteiger partial charge on any atom is -0.489 e. The molecular weight excluding hydrogens is 494 g/mol. The molecule has 2 N–H and O–H groups in total. The third-order valence-corrected chi connectivity index (χ3v) is 5.74. The molecule has 0 aromatic heterocycles. The van der Waals surface area contributed by atoms with Crippen molar-refractivity contribution in [3.63, 3.8) is 0 Å². The van der Waals surface area contributed by atoms with Gasteiger partial charge in [0.15, 0.2) is 11.5 Å². The number of hydrogen-bond acceptors (Lipinski definition) is 6. The molecule has 0 unspecified atom stereocenters. The van der Waals surface area contributed by atoms with Gasteiger partial charge in [0.25, 0.3) is 11.8 Å². The molecule has 0 aliphatic carbocycles. The molecule has 1 aliphatic rings. The van der Waals surface area contributed by atoms with Crippen LogP contribution in [-0.4, -0.2) is 24.8 Å². The van der Waals surface area contributed by atoms with Crippen molar-refractivity contribution in [2.45, 2.75) is 6.61 Å². The molecule has 8 nitrogen and oxygen atoms in total. The number of ether oxygens (including phenoxy) is 3. The molecule has 4 aromatic rings. The summed E-state index contributed by atoms with van der Waals surface area (Å²) < 4.78 is 16.6. The fourth-order valence-corrected chi connectivity index (χ4v) is 3.73. The van der Waals surface area contributed by atoms with Crippen LogP contribution in [0.1, 0.15) is 27.0 Å². The number of nitrogens with zero attached hydrogens (tertiary/aromatic N) is 1. The average Bonchev–Trinajstić information content (AvgIpc) is 3.45. The van der Waals surface area contributed by atoms with Crippen molar-refractivity contribution in [2.24, 2.45) is 5.10 Å². The Morgan fingerprint density at radius 3 is 2.28 bits per heavy atom. The first-order valence-electron chi connectivity index (χ1n) is 12.2. The van der Waals surface area contributed by atoms with Crippen LogP contribution in [-0.2, 0) is 11.4 Å². The predicted octanol–water partition coefficient (Wildman–Crippen LogP) is 4.92. The summed E-state index contributed by atoms with van der Waals surface area (Å²) in [4.78, 5) is 25.8. The second-order valence-electron chi connectivity index (χ2n) is 8.53. The van der Waals surface area contributed by atoms with Gasteiger partial charge in [-0.25, -0.2) is 5.43 Å². The van der Waals surface area contributed by atoms with Crippen molar-refractivity contribution >= 4 is 24.1 Å². The van der Waals surface area contributed by atoms with E-state index in [0.29, 0.717) is 29.2 Å². The van der Waals surface area contributed by atoms with Gasteiger partial charge in [0.2, 0.25) is 6.79 Å². The number of nitrogens with one attached hydrogen (secondary N) is 2. The summed E-state index contributed by atoms with van der Waals surface area (Å²) in [7, 11) is 0. The summed E-state index contributed by atoms with van der Waals surface area (Å²) >= 11 is 0. The Hall–Kier alpha value is -5.37. The molecule has 194 valence electrons. The Labute approximate surface area is 225 Å². The monoisotopic (exact) mass is 519 g/mol. The number of hydrogen-bond donors (Lipinski definition) is 2. The quantitative estimate of drug-likeness (QED) is 0.186. The van der Waals surface area contributed by atoms with Crippen molar-refractivity contribution in [1.82, 2.24) is 10.7 Å². The number of rotatable bonds is 9. The molecule has 0 radical (unpaired) electrons. The number of fused-ring (bicyclic) bond motifs is 1. The number of benzene rings is 4. The van der Waals surface area contributed by atoms with Gasteiger partial charge in [-0.05, 0) is 71.3 Å². The summed E-state index contributed by atoms with van der Waals surface area (Å²) in [5.74, 6) is 0.890. The molecule has 0 fully saturated rings. The molecule has 0 saturated carbocycles. The minimum absolute atomic E-state index is 0.0181. The van der Waals surface area contributed by atoms with Gasteiger partial charge in [-0.3, -0.25) is 9.59 Å². The highest BCUT2D eigenvalue weighted by Gasteiger charge is 2.17. The highest BCUT2D eigenvalue weighted by Crippen LogP contribution is 2.33. The Kier molecular flexibility index (Phi) is 7.94. The van der Waals surface area contributed by atoms with E-state index < -0.39 is 11.8 Å². The average molecular weight is 520 g/mol. The van der Waals surface area contributed by atoms with Crippen LogP contribution in [0.2, 0.25) is 0 Å². The van der Waals surface area contributed by atoms with Gasteiger partial charge in [0.05, 0.1) is 6.21 Å². The fraction of sp³-hybridized carbons (Fsp3) is 0.0645. The van der Waals surface area contributed by atoms with E-state index in [1.807, 2.05) is 60.7 Å². The Morgan fingerprint density at radius 1 is 0.821 bits per heavy atom. The Morgan fingerprint density at radius 2 is 1.51 bits per heavy atom. The van der Waals surface area contributed by atoms with Crippen LogP contribution < -0.4 is 25.0 Å². The van der Waals surface area contributed by atoms with Crippen molar-refractivity contribution in [3.8, 4) is 17.2 Å². The minimum atomic E-state index is -0.587. The Bertz CT molecular complexity index is 1500. The van der Waals surface area contributed by atoms with E-state index in [4.69, 9.17) is 14.2 Å². The van der Waals surface area contributed by atoms with Crippen molar-refractivity contribution in [3.05, 3.63) is 131 Å². The van der Waals surface area contributed by atoms with E-state index in [-0.39, 0.29) is 12.5 Å². The number of amides is 2. The maximum Gasteiger partial charge on any atom is 0.287 e. The van der Waals surface area contributed by atoms with Crippen LogP contribution in [0.25, 0.3) is 6.08 Å². The first-order chi connectivity index (χ1) is 19.1. The highest BCUT2D eigenvalue weighted by atomic mass is 16.7. The molecule has 4 aromatic carbocycles. The maximum absolute atomic E-state index is 13.0. The lowest BCUT2D eigenvalue weighted by atomic mass is 10.1. The first kappa shape index (κ1) is 25.3. The molecular formula is C31H25N3O5. The molecule has 39 heavy (non-hydrogen) atoms. The number of hydrazone groups is 1. The van der Waals surface area contributed by atoms with E-state index in [0.717, 1.165) is 16.9 Å². The first-order valence-corrected chi connectivity index (χ1v) is 12.2. The zero-order valence-corrected chi connectivity index (χ0v) is 20.9. The summed E-state index contributed by atoms with van der Waals surface area (Å²) in [5.41, 5.74) is 5.40. The van der Waals surface area contributed by atoms with E-state index in [1.54, 1.807) is 48.5 Å². The summed E-state index contributed by atoms with van der Waals surface area (Å²) in [6.45, 7) is 0.604. The lowest BCUT2D eigenvalue weighted by molar-refractivity contribution is -0.117. The number of carbonyl (C=O) groups excluding carboxylic acids is 2. The predicted molar refractivity (Wildman–Crippen MR) is 147 cm³/mol. The molecule has 8 heteroatoms. The molecule has 5 rings (SSSR count). The third-order valence-electron chi connectivity index (χ3n) is 5.74. The topological polar surface area (TPSA) is 98.2 Å². The van der Waals surface area contributed by atoms with Crippen LogP contribution in [0.5, 0.6) is 17.2 Å². The van der Waals surface area contributed by atoms with Crippen LogP contribution >= 0.6 is 0 Å². The van der Waals surface area contributed by atoms with Gasteiger partial charge in [0.1, 0.15) is 18.1 Å². The number of carbonyl (C=O) groups is 2. The molecule has 0 spiro atoms. The molecule has 1 heterocycles. The van der Waals surface area contributed by atoms with Crippen molar-refractivity contribution in [1.29, 1.82) is 0 Å². The van der Waals surface area contributed by atoms with Crippen LogP contribution in [0.15, 0.2) is 114 Å².